The summed E-state index contributed by atoms with van der Waals surface area (Å²) >= 11 is 6.16. The molecule has 132 valence electrons. The van der Waals surface area contributed by atoms with Crippen molar-refractivity contribution in [2.45, 2.75) is 13.0 Å². The molecule has 1 atom stereocenters. The highest BCUT2D eigenvalue weighted by molar-refractivity contribution is 6.31. The third-order valence-corrected chi connectivity index (χ3v) is 4.21. The van der Waals surface area contributed by atoms with Gasteiger partial charge < -0.3 is 15.1 Å². The number of carbonyl (C=O) groups excluding carboxylic acids is 2. The Kier molecular flexibility index (Phi) is 5.39. The van der Waals surface area contributed by atoms with Crippen molar-refractivity contribution in [3.05, 3.63) is 88.8 Å². The topological polar surface area (TPSA) is 71.3 Å². The molecule has 6 heteroatoms. The second-order valence-electron chi connectivity index (χ2n) is 5.73. The van der Waals surface area contributed by atoms with Crippen molar-refractivity contribution in [1.82, 2.24) is 5.32 Å². The molecule has 0 aliphatic carbocycles. The van der Waals surface area contributed by atoms with Crippen LogP contribution in [0.15, 0.2) is 71.3 Å². The minimum Gasteiger partial charge on any atom is -0.459 e. The van der Waals surface area contributed by atoms with Crippen LogP contribution in [0.25, 0.3) is 0 Å². The van der Waals surface area contributed by atoms with Crippen molar-refractivity contribution in [2.24, 2.45) is 0 Å². The fourth-order valence-electron chi connectivity index (χ4n) is 2.49. The number of halogens is 1. The van der Waals surface area contributed by atoms with E-state index >= 15 is 0 Å². The SMILES string of the molecule is CC(NC(=O)c1ccc(NC(=O)c2ccco2)cc1)c1ccccc1Cl. The zero-order valence-electron chi connectivity index (χ0n) is 14.0. The van der Waals surface area contributed by atoms with Gasteiger partial charge in [0, 0.05) is 16.3 Å². The third-order valence-electron chi connectivity index (χ3n) is 3.87. The van der Waals surface area contributed by atoms with Gasteiger partial charge >= 0.3 is 0 Å². The molecule has 0 bridgehead atoms. The summed E-state index contributed by atoms with van der Waals surface area (Å²) in [6, 6.07) is 17.0. The molecule has 0 aliphatic rings. The van der Waals surface area contributed by atoms with E-state index in [0.29, 0.717) is 16.3 Å². The van der Waals surface area contributed by atoms with E-state index in [9.17, 15) is 9.59 Å². The third kappa shape index (κ3) is 4.13. The number of rotatable bonds is 5. The average Bonchev–Trinajstić information content (AvgIpc) is 3.17. The van der Waals surface area contributed by atoms with Crippen LogP contribution in [0.2, 0.25) is 5.02 Å². The zero-order valence-corrected chi connectivity index (χ0v) is 14.8. The second kappa shape index (κ2) is 7.89. The predicted octanol–water partition coefficient (Wildman–Crippen LogP) is 4.68. The Morgan fingerprint density at radius 3 is 2.35 bits per heavy atom. The minimum atomic E-state index is -0.348. The quantitative estimate of drug-likeness (QED) is 0.687. The van der Waals surface area contributed by atoms with Crippen molar-refractivity contribution in [1.29, 1.82) is 0 Å². The van der Waals surface area contributed by atoms with Gasteiger partial charge in [-0.1, -0.05) is 29.8 Å². The lowest BCUT2D eigenvalue weighted by atomic mass is 10.1. The van der Waals surface area contributed by atoms with E-state index in [1.807, 2.05) is 25.1 Å². The molecular formula is C20H17ClN2O3. The van der Waals surface area contributed by atoms with Gasteiger partial charge in [-0.3, -0.25) is 9.59 Å². The molecule has 0 spiro atoms. The Hall–Kier alpha value is -3.05. The lowest BCUT2D eigenvalue weighted by Gasteiger charge is -2.16. The molecule has 3 rings (SSSR count). The van der Waals surface area contributed by atoms with Gasteiger partial charge in [0.2, 0.25) is 0 Å². The highest BCUT2D eigenvalue weighted by Gasteiger charge is 2.14. The van der Waals surface area contributed by atoms with Crippen molar-refractivity contribution in [3.63, 3.8) is 0 Å². The number of amides is 2. The van der Waals surface area contributed by atoms with Crippen LogP contribution in [0.3, 0.4) is 0 Å². The molecule has 5 nitrogen and oxygen atoms in total. The highest BCUT2D eigenvalue weighted by atomic mass is 35.5. The molecule has 2 N–H and O–H groups in total. The van der Waals surface area contributed by atoms with Gasteiger partial charge in [-0.25, -0.2) is 0 Å². The molecule has 3 aromatic rings. The molecule has 2 amide bonds. The fourth-order valence-corrected chi connectivity index (χ4v) is 2.79. The molecule has 1 heterocycles. The normalized spacial score (nSPS) is 11.6. The lowest BCUT2D eigenvalue weighted by molar-refractivity contribution is 0.0939. The van der Waals surface area contributed by atoms with Crippen molar-refractivity contribution in [3.8, 4) is 0 Å². The van der Waals surface area contributed by atoms with Gasteiger partial charge in [-0.15, -0.1) is 0 Å². The van der Waals surface area contributed by atoms with Crippen LogP contribution in [-0.2, 0) is 0 Å². The van der Waals surface area contributed by atoms with Crippen molar-refractivity contribution in [2.75, 3.05) is 5.32 Å². The first-order valence-electron chi connectivity index (χ1n) is 8.05. The van der Waals surface area contributed by atoms with Gasteiger partial charge in [-0.05, 0) is 55.0 Å². The first-order valence-corrected chi connectivity index (χ1v) is 8.42. The van der Waals surface area contributed by atoms with E-state index in [1.165, 1.54) is 6.26 Å². The number of nitrogens with one attached hydrogen (secondary N) is 2. The molecule has 0 saturated heterocycles. The van der Waals surface area contributed by atoms with E-state index in [-0.39, 0.29) is 23.6 Å². The molecule has 0 fully saturated rings. The van der Waals surface area contributed by atoms with Crippen LogP contribution in [-0.4, -0.2) is 11.8 Å². The molecule has 1 aromatic heterocycles. The number of furan rings is 1. The maximum Gasteiger partial charge on any atom is 0.291 e. The molecule has 0 aliphatic heterocycles. The van der Waals surface area contributed by atoms with Crippen LogP contribution in [0.4, 0.5) is 5.69 Å². The summed E-state index contributed by atoms with van der Waals surface area (Å²) in [7, 11) is 0. The molecule has 26 heavy (non-hydrogen) atoms. The summed E-state index contributed by atoms with van der Waals surface area (Å²) in [6.07, 6.45) is 1.43. The lowest BCUT2D eigenvalue weighted by Crippen LogP contribution is -2.26. The van der Waals surface area contributed by atoms with Gasteiger partial charge in [0.1, 0.15) is 0 Å². The first kappa shape index (κ1) is 17.8. The Bertz CT molecular complexity index is 905. The smallest absolute Gasteiger partial charge is 0.291 e. The van der Waals surface area contributed by atoms with Gasteiger partial charge in [-0.2, -0.15) is 0 Å². The fraction of sp³-hybridized carbons (Fsp3) is 0.100. The first-order chi connectivity index (χ1) is 12.5. The Labute approximate surface area is 156 Å². The standard InChI is InChI=1S/C20H17ClN2O3/c1-13(16-5-2-3-6-17(16)21)22-19(24)14-8-10-15(11-9-14)23-20(25)18-7-4-12-26-18/h2-13H,1H3,(H,22,24)(H,23,25). The molecule has 2 aromatic carbocycles. The van der Waals surface area contributed by atoms with Crippen LogP contribution >= 0.6 is 11.6 Å². The van der Waals surface area contributed by atoms with Crippen LogP contribution in [0, 0.1) is 0 Å². The van der Waals surface area contributed by atoms with E-state index < -0.39 is 0 Å². The van der Waals surface area contributed by atoms with Crippen LogP contribution < -0.4 is 10.6 Å². The second-order valence-corrected chi connectivity index (χ2v) is 6.13. The van der Waals surface area contributed by atoms with Crippen molar-refractivity contribution < 1.29 is 14.0 Å². The van der Waals surface area contributed by atoms with Gasteiger partial charge in [0.15, 0.2) is 5.76 Å². The maximum atomic E-state index is 12.4. The maximum absolute atomic E-state index is 12.4. The molecule has 1 unspecified atom stereocenters. The highest BCUT2D eigenvalue weighted by Crippen LogP contribution is 2.22. The summed E-state index contributed by atoms with van der Waals surface area (Å²) in [6.45, 7) is 1.87. The largest absolute Gasteiger partial charge is 0.459 e. The van der Waals surface area contributed by atoms with E-state index in [1.54, 1.807) is 42.5 Å². The molecule has 0 radical (unpaired) electrons. The summed E-state index contributed by atoms with van der Waals surface area (Å²) in [5.41, 5.74) is 1.91. The Balaban J connectivity index is 1.63. The van der Waals surface area contributed by atoms with Gasteiger partial charge in [0.05, 0.1) is 12.3 Å². The monoisotopic (exact) mass is 368 g/mol. The zero-order chi connectivity index (χ0) is 18.5. The Morgan fingerprint density at radius 1 is 0.962 bits per heavy atom. The van der Waals surface area contributed by atoms with Crippen molar-refractivity contribution >= 4 is 29.1 Å². The Morgan fingerprint density at radius 2 is 1.69 bits per heavy atom. The van der Waals surface area contributed by atoms with Crippen LogP contribution in [0.1, 0.15) is 39.4 Å². The van der Waals surface area contributed by atoms with E-state index in [2.05, 4.69) is 10.6 Å². The van der Waals surface area contributed by atoms with E-state index in [0.717, 1.165) is 5.56 Å². The summed E-state index contributed by atoms with van der Waals surface area (Å²) < 4.78 is 5.04. The van der Waals surface area contributed by atoms with Crippen LogP contribution in [0.5, 0.6) is 0 Å². The molecule has 0 saturated carbocycles. The number of hydrogen-bond acceptors (Lipinski definition) is 3. The summed E-state index contributed by atoms with van der Waals surface area (Å²) in [5.74, 6) is -0.346. The van der Waals surface area contributed by atoms with Gasteiger partial charge in [0.25, 0.3) is 11.8 Å². The minimum absolute atomic E-state index is 0.221. The molecular weight excluding hydrogens is 352 g/mol. The number of benzene rings is 2. The predicted molar refractivity (Wildman–Crippen MR) is 100 cm³/mol. The number of hydrogen-bond donors (Lipinski definition) is 2. The summed E-state index contributed by atoms with van der Waals surface area (Å²) in [5, 5.41) is 6.22. The van der Waals surface area contributed by atoms with E-state index in [4.69, 9.17) is 16.0 Å². The number of anilines is 1. The average molecular weight is 369 g/mol. The summed E-state index contributed by atoms with van der Waals surface area (Å²) in [4.78, 5) is 24.3. The number of carbonyl (C=O) groups is 2.